The molecule has 7 rings (SSSR count). The zero-order valence-corrected chi connectivity index (χ0v) is 25.6. The van der Waals surface area contributed by atoms with E-state index in [2.05, 4.69) is 15.0 Å². The Labute approximate surface area is 258 Å². The van der Waals surface area contributed by atoms with Gasteiger partial charge in [-0.3, -0.25) is 18.1 Å². The van der Waals surface area contributed by atoms with Crippen LogP contribution in [-0.4, -0.2) is 69.3 Å². The summed E-state index contributed by atoms with van der Waals surface area (Å²) in [5, 5.41) is 0.532. The minimum absolute atomic E-state index is 0.140. The van der Waals surface area contributed by atoms with Crippen molar-refractivity contribution in [2.45, 2.75) is 75.2 Å². The van der Waals surface area contributed by atoms with E-state index in [-0.39, 0.29) is 31.2 Å². The number of imidazole rings is 1. The number of carbonyl (C=O) groups is 1. The summed E-state index contributed by atoms with van der Waals surface area (Å²) in [6, 6.07) is 7.48. The molecular weight excluding hydrogens is 617 g/mol. The van der Waals surface area contributed by atoms with Crippen LogP contribution in [0.15, 0.2) is 36.8 Å². The van der Waals surface area contributed by atoms with Crippen LogP contribution < -0.4 is 10.5 Å². The fourth-order valence-electron chi connectivity index (χ4n) is 6.44. The van der Waals surface area contributed by atoms with Gasteiger partial charge in [0.2, 0.25) is 0 Å². The van der Waals surface area contributed by atoms with Crippen LogP contribution in [0, 0.1) is 5.92 Å². The Morgan fingerprint density at radius 3 is 2.98 bits per heavy atom. The number of aromatic nitrogens is 4. The summed E-state index contributed by atoms with van der Waals surface area (Å²) < 4.78 is 56.2. The number of benzene rings is 1. The number of phosphoric acid groups is 1. The molecule has 0 spiro atoms. The van der Waals surface area contributed by atoms with Crippen LogP contribution in [0.4, 0.5) is 4.79 Å². The van der Waals surface area contributed by atoms with Gasteiger partial charge in [0.15, 0.2) is 23.6 Å². The first-order chi connectivity index (χ1) is 21.2. The average molecular weight is 650 g/mol. The van der Waals surface area contributed by atoms with Crippen molar-refractivity contribution in [3.8, 4) is 6.01 Å². The highest BCUT2D eigenvalue weighted by Crippen LogP contribution is 2.58. The van der Waals surface area contributed by atoms with E-state index in [4.69, 9.17) is 49.9 Å². The molecule has 16 heteroatoms. The van der Waals surface area contributed by atoms with Crippen molar-refractivity contribution in [2.75, 3.05) is 19.8 Å². The fraction of sp³-hybridized carbons (Fsp3) is 0.571. The lowest BCUT2D eigenvalue weighted by Crippen LogP contribution is -2.42. The Balaban J connectivity index is 1.13. The number of hydrogen-bond acceptors (Lipinski definition) is 13. The molecule has 1 saturated carbocycles. The van der Waals surface area contributed by atoms with E-state index in [1.54, 1.807) is 35.9 Å². The minimum atomic E-state index is -4.01. The van der Waals surface area contributed by atoms with Gasteiger partial charge in [-0.15, -0.1) is 0 Å². The first-order valence-corrected chi connectivity index (χ1v) is 16.5. The lowest BCUT2D eigenvalue weighted by molar-refractivity contribution is -0.0951. The van der Waals surface area contributed by atoms with Crippen LogP contribution in [0.2, 0.25) is 5.02 Å². The number of hydrogen-bond donors (Lipinski definition) is 1. The topological polar surface area (TPSA) is 168 Å². The van der Waals surface area contributed by atoms with E-state index in [0.29, 0.717) is 29.2 Å². The lowest BCUT2D eigenvalue weighted by Gasteiger charge is -2.30. The summed E-state index contributed by atoms with van der Waals surface area (Å²) in [6.45, 7) is 1.95. The van der Waals surface area contributed by atoms with Gasteiger partial charge in [0.05, 0.1) is 32.1 Å². The largest absolute Gasteiger partial charge is 0.509 e. The molecule has 4 aliphatic rings. The second-order valence-corrected chi connectivity index (χ2v) is 13.8. The van der Waals surface area contributed by atoms with Gasteiger partial charge in [-0.1, -0.05) is 30.2 Å². The Morgan fingerprint density at radius 2 is 2.14 bits per heavy atom. The average Bonchev–Trinajstić information content (AvgIpc) is 3.60. The molecule has 236 valence electrons. The molecule has 14 nitrogen and oxygen atoms in total. The van der Waals surface area contributed by atoms with Gasteiger partial charge in [-0.2, -0.15) is 4.98 Å². The summed E-state index contributed by atoms with van der Waals surface area (Å²) in [5.74, 6) is 0.267. The number of halogens is 1. The molecule has 2 aromatic heterocycles. The molecule has 1 aliphatic carbocycles. The van der Waals surface area contributed by atoms with Crippen molar-refractivity contribution >= 4 is 36.7 Å². The molecule has 1 aromatic carbocycles. The quantitative estimate of drug-likeness (QED) is 0.259. The van der Waals surface area contributed by atoms with Gasteiger partial charge in [-0.05, 0) is 49.8 Å². The predicted octanol–water partition coefficient (Wildman–Crippen LogP) is 4.87. The number of ether oxygens (including phenoxy) is 4. The van der Waals surface area contributed by atoms with E-state index in [0.717, 1.165) is 31.2 Å². The fourth-order valence-corrected chi connectivity index (χ4v) is 8.03. The summed E-state index contributed by atoms with van der Waals surface area (Å²) in [5.41, 5.74) is 6.51. The number of rotatable bonds is 8. The van der Waals surface area contributed by atoms with Crippen molar-refractivity contribution < 1.29 is 41.9 Å². The first-order valence-electron chi connectivity index (χ1n) is 14.7. The van der Waals surface area contributed by atoms with E-state index in [1.165, 1.54) is 6.33 Å². The molecule has 0 amide bonds. The summed E-state index contributed by atoms with van der Waals surface area (Å²) in [7, 11) is -4.01. The maximum Gasteiger partial charge on any atom is 0.509 e. The van der Waals surface area contributed by atoms with Crippen molar-refractivity contribution in [2.24, 2.45) is 11.7 Å². The van der Waals surface area contributed by atoms with Crippen molar-refractivity contribution in [3.05, 3.63) is 47.4 Å². The third-order valence-corrected chi connectivity index (χ3v) is 10.3. The third-order valence-electron chi connectivity index (χ3n) is 8.57. The second-order valence-electron chi connectivity index (χ2n) is 11.7. The number of carbonyl (C=O) groups excluding carboxylic acids is 1. The Morgan fingerprint density at radius 1 is 1.25 bits per heavy atom. The van der Waals surface area contributed by atoms with Crippen LogP contribution in [0.3, 0.4) is 0 Å². The molecule has 3 aromatic rings. The predicted molar refractivity (Wildman–Crippen MR) is 154 cm³/mol. The lowest BCUT2D eigenvalue weighted by atomic mass is 9.87. The maximum absolute atomic E-state index is 13.5. The Bertz CT molecular complexity index is 1590. The number of fused-ring (bicyclic) bond motifs is 2. The standard InChI is InChI=1S/C28H33ClN5O9P/c1-28-23(41-27(35)42-28)22(14-39-44(36)38-9-8-21(43-44)17-5-3-6-18(29)11-17)40-25(28)34-20-12-31-15-32-24(20)33-26(34)37-13-16-4-2-7-19(30)10-16/h3,5-6,11-12,15-16,19,21-23,25H,2,4,7-10,13-14,30H2,1H3/t16?,19?,21-,22+,23+,25+,28+,44+/m0/s1. The monoisotopic (exact) mass is 649 g/mol. The first kappa shape index (κ1) is 29.8. The molecule has 0 radical (unpaired) electrons. The molecule has 3 saturated heterocycles. The molecule has 0 bridgehead atoms. The highest BCUT2D eigenvalue weighted by Gasteiger charge is 2.65. The Hall–Kier alpha value is -2.84. The number of nitrogens with two attached hydrogens (primary N) is 1. The van der Waals surface area contributed by atoms with E-state index in [9.17, 15) is 9.36 Å². The highest BCUT2D eigenvalue weighted by molar-refractivity contribution is 7.48. The van der Waals surface area contributed by atoms with Gasteiger partial charge in [0, 0.05) is 17.5 Å². The second kappa shape index (κ2) is 11.8. The molecule has 2 unspecified atom stereocenters. The molecule has 8 atom stereocenters. The third kappa shape index (κ3) is 5.68. The SMILES string of the molecule is C[C@@]12OC(=O)O[C@@H]1[C@@H](CO[P@@]1(=O)OCC[C@@H](c3cccc(Cl)c3)O1)O[C@H]2n1c(OCC2CCCC(N)C2)nc2ncncc21. The molecule has 5 heterocycles. The molecule has 44 heavy (non-hydrogen) atoms. The Kier molecular flexibility index (Phi) is 8.02. The maximum atomic E-state index is 13.5. The van der Waals surface area contributed by atoms with Gasteiger partial charge in [0.1, 0.15) is 17.9 Å². The van der Waals surface area contributed by atoms with Crippen LogP contribution >= 0.6 is 19.4 Å². The van der Waals surface area contributed by atoms with E-state index in [1.807, 2.05) is 6.07 Å². The van der Waals surface area contributed by atoms with Crippen molar-refractivity contribution in [3.63, 3.8) is 0 Å². The number of phosphoric ester groups is 1. The van der Waals surface area contributed by atoms with Gasteiger partial charge >= 0.3 is 20.0 Å². The van der Waals surface area contributed by atoms with Crippen molar-refractivity contribution in [1.82, 2.24) is 19.5 Å². The van der Waals surface area contributed by atoms with Crippen LogP contribution in [0.1, 0.15) is 56.9 Å². The molecule has 2 N–H and O–H groups in total. The smallest absolute Gasteiger partial charge is 0.464 e. The van der Waals surface area contributed by atoms with Crippen LogP contribution in [0.5, 0.6) is 6.01 Å². The summed E-state index contributed by atoms with van der Waals surface area (Å²) in [4.78, 5) is 25.5. The molecule has 3 aliphatic heterocycles. The zero-order chi connectivity index (χ0) is 30.5. The van der Waals surface area contributed by atoms with Crippen LogP contribution in [0.25, 0.3) is 11.2 Å². The van der Waals surface area contributed by atoms with Crippen molar-refractivity contribution in [1.29, 1.82) is 0 Å². The summed E-state index contributed by atoms with van der Waals surface area (Å²) in [6.07, 6.45) is 3.11. The number of nitrogens with zero attached hydrogens (tertiary/aromatic N) is 4. The van der Waals surface area contributed by atoms with Gasteiger partial charge < -0.3 is 24.7 Å². The van der Waals surface area contributed by atoms with E-state index < -0.39 is 44.1 Å². The normalized spacial score (nSPS) is 35.3. The molecular formula is C28H33ClN5O9P. The minimum Gasteiger partial charge on any atom is -0.464 e. The van der Waals surface area contributed by atoms with E-state index >= 15 is 0 Å². The van der Waals surface area contributed by atoms with Gasteiger partial charge in [0.25, 0.3) is 0 Å². The van der Waals surface area contributed by atoms with Gasteiger partial charge in [-0.25, -0.2) is 19.3 Å². The summed E-state index contributed by atoms with van der Waals surface area (Å²) >= 11 is 6.14. The van der Waals surface area contributed by atoms with Crippen LogP contribution in [-0.2, 0) is 32.3 Å². The molecule has 4 fully saturated rings. The highest BCUT2D eigenvalue weighted by atomic mass is 35.5. The zero-order valence-electron chi connectivity index (χ0n) is 24.0.